The standard InChI is InChI=1S/C28H29N3O4/c1-3-34-23-16-21-22(17-24(23)35-4-2)31-28(33)26(21)27(19-8-6-5-7-9-19)30-20-13-10-18(11-14-20)12-15-25(29)32/h5-11,13-14,16-17,30H,3-4,12,15H2,1-2H3,(H2,29,32)(H,31,33). The van der Waals surface area contributed by atoms with Crippen LogP contribution in [-0.2, 0) is 16.0 Å². The number of hydrogen-bond acceptors (Lipinski definition) is 5. The highest BCUT2D eigenvalue weighted by Gasteiger charge is 2.30. The minimum absolute atomic E-state index is 0.208. The molecular weight excluding hydrogens is 442 g/mol. The highest BCUT2D eigenvalue weighted by atomic mass is 16.5. The van der Waals surface area contributed by atoms with Gasteiger partial charge in [0.2, 0.25) is 5.91 Å². The first kappa shape index (κ1) is 23.9. The second-order valence-corrected chi connectivity index (χ2v) is 8.07. The molecular formula is C28H29N3O4. The quantitative estimate of drug-likeness (QED) is 0.368. The van der Waals surface area contributed by atoms with E-state index in [4.69, 9.17) is 15.2 Å². The van der Waals surface area contributed by atoms with Crippen molar-refractivity contribution in [1.29, 1.82) is 0 Å². The summed E-state index contributed by atoms with van der Waals surface area (Å²) >= 11 is 0. The van der Waals surface area contributed by atoms with Gasteiger partial charge in [0.15, 0.2) is 11.5 Å². The summed E-state index contributed by atoms with van der Waals surface area (Å²) in [5.74, 6) is 0.650. The van der Waals surface area contributed by atoms with Gasteiger partial charge < -0.3 is 25.8 Å². The van der Waals surface area contributed by atoms with Gasteiger partial charge in [-0.2, -0.15) is 0 Å². The van der Waals surface area contributed by atoms with E-state index in [1.54, 1.807) is 0 Å². The molecule has 1 heterocycles. The number of primary amides is 1. The van der Waals surface area contributed by atoms with Crippen LogP contribution in [0.2, 0.25) is 0 Å². The summed E-state index contributed by atoms with van der Waals surface area (Å²) in [4.78, 5) is 24.3. The third kappa shape index (κ3) is 5.46. The lowest BCUT2D eigenvalue weighted by atomic mass is 9.99. The fourth-order valence-electron chi connectivity index (χ4n) is 4.01. The Balaban J connectivity index is 1.78. The fraction of sp³-hybridized carbons (Fsp3) is 0.214. The van der Waals surface area contributed by atoms with Crippen molar-refractivity contribution >= 4 is 34.5 Å². The van der Waals surface area contributed by atoms with Gasteiger partial charge in [-0.15, -0.1) is 0 Å². The van der Waals surface area contributed by atoms with Gasteiger partial charge in [0, 0.05) is 23.7 Å². The first-order valence-electron chi connectivity index (χ1n) is 11.7. The number of carbonyl (C=O) groups excluding carboxylic acids is 2. The summed E-state index contributed by atoms with van der Waals surface area (Å²) in [6.07, 6.45) is 0.884. The molecule has 180 valence electrons. The van der Waals surface area contributed by atoms with Crippen LogP contribution in [0.3, 0.4) is 0 Å². The summed E-state index contributed by atoms with van der Waals surface area (Å²) in [6, 6.07) is 21.1. The van der Waals surface area contributed by atoms with Crippen molar-refractivity contribution in [3.63, 3.8) is 0 Å². The number of hydrogen-bond donors (Lipinski definition) is 3. The van der Waals surface area contributed by atoms with Crippen LogP contribution >= 0.6 is 0 Å². The average Bonchev–Trinajstić information content (AvgIpc) is 3.17. The van der Waals surface area contributed by atoms with Crippen molar-refractivity contribution in [3.8, 4) is 11.5 Å². The highest BCUT2D eigenvalue weighted by Crippen LogP contribution is 2.43. The summed E-state index contributed by atoms with van der Waals surface area (Å²) < 4.78 is 11.6. The van der Waals surface area contributed by atoms with Crippen molar-refractivity contribution in [3.05, 3.63) is 83.4 Å². The zero-order chi connectivity index (χ0) is 24.8. The van der Waals surface area contributed by atoms with Gasteiger partial charge in [-0.05, 0) is 49.6 Å². The molecule has 0 saturated heterocycles. The van der Waals surface area contributed by atoms with E-state index in [-0.39, 0.29) is 11.8 Å². The maximum atomic E-state index is 13.2. The van der Waals surface area contributed by atoms with Crippen LogP contribution in [0.1, 0.15) is 37.0 Å². The van der Waals surface area contributed by atoms with Gasteiger partial charge in [-0.1, -0.05) is 42.5 Å². The molecule has 0 radical (unpaired) electrons. The zero-order valence-electron chi connectivity index (χ0n) is 19.9. The van der Waals surface area contributed by atoms with E-state index < -0.39 is 0 Å². The van der Waals surface area contributed by atoms with Crippen molar-refractivity contribution in [2.45, 2.75) is 26.7 Å². The molecule has 0 bridgehead atoms. The van der Waals surface area contributed by atoms with Crippen LogP contribution < -0.4 is 25.8 Å². The van der Waals surface area contributed by atoms with E-state index in [1.165, 1.54) is 0 Å². The van der Waals surface area contributed by atoms with E-state index in [9.17, 15) is 9.59 Å². The van der Waals surface area contributed by atoms with Crippen molar-refractivity contribution in [2.24, 2.45) is 5.73 Å². The molecule has 0 atom stereocenters. The van der Waals surface area contributed by atoms with Crippen LogP contribution in [0.15, 0.2) is 66.7 Å². The first-order valence-corrected chi connectivity index (χ1v) is 11.7. The summed E-state index contributed by atoms with van der Waals surface area (Å²) in [6.45, 7) is 4.78. The smallest absolute Gasteiger partial charge is 0.258 e. The second kappa shape index (κ2) is 10.8. The molecule has 3 aromatic carbocycles. The lowest BCUT2D eigenvalue weighted by Crippen LogP contribution is -2.11. The molecule has 0 fully saturated rings. The van der Waals surface area contributed by atoms with E-state index in [2.05, 4.69) is 10.6 Å². The molecule has 0 spiro atoms. The maximum Gasteiger partial charge on any atom is 0.258 e. The molecule has 0 aromatic heterocycles. The van der Waals surface area contributed by atoms with Crippen molar-refractivity contribution < 1.29 is 19.1 Å². The van der Waals surface area contributed by atoms with Gasteiger partial charge in [0.1, 0.15) is 0 Å². The predicted molar refractivity (Wildman–Crippen MR) is 138 cm³/mol. The molecule has 1 aliphatic rings. The Morgan fingerprint density at radius 1 is 0.943 bits per heavy atom. The van der Waals surface area contributed by atoms with Crippen LogP contribution in [0.5, 0.6) is 11.5 Å². The Labute approximate surface area is 204 Å². The average molecular weight is 472 g/mol. The molecule has 7 nitrogen and oxygen atoms in total. The fourth-order valence-corrected chi connectivity index (χ4v) is 4.01. The topological polar surface area (TPSA) is 103 Å². The largest absolute Gasteiger partial charge is 0.490 e. The maximum absolute atomic E-state index is 13.2. The lowest BCUT2D eigenvalue weighted by molar-refractivity contribution is -0.118. The van der Waals surface area contributed by atoms with Gasteiger partial charge in [0.25, 0.3) is 5.91 Å². The number of nitrogens with two attached hydrogens (primary N) is 1. The minimum atomic E-state index is -0.326. The summed E-state index contributed by atoms with van der Waals surface area (Å²) in [7, 11) is 0. The van der Waals surface area contributed by atoms with Crippen LogP contribution in [0.25, 0.3) is 11.3 Å². The van der Waals surface area contributed by atoms with Gasteiger partial charge in [0.05, 0.1) is 30.2 Å². The molecule has 0 saturated carbocycles. The number of aryl methyl sites for hydroxylation is 1. The summed E-state index contributed by atoms with van der Waals surface area (Å²) in [5.41, 5.74) is 10.6. The molecule has 7 heteroatoms. The first-order chi connectivity index (χ1) is 17.0. The van der Waals surface area contributed by atoms with Crippen LogP contribution in [0, 0.1) is 0 Å². The van der Waals surface area contributed by atoms with E-state index in [0.717, 1.165) is 22.4 Å². The van der Waals surface area contributed by atoms with Gasteiger partial charge in [-0.3, -0.25) is 9.59 Å². The number of benzene rings is 3. The van der Waals surface area contributed by atoms with Gasteiger partial charge in [-0.25, -0.2) is 0 Å². The predicted octanol–water partition coefficient (Wildman–Crippen LogP) is 4.83. The molecule has 2 amide bonds. The number of fused-ring (bicyclic) bond motifs is 1. The van der Waals surface area contributed by atoms with Crippen LogP contribution in [-0.4, -0.2) is 25.0 Å². The zero-order valence-corrected chi connectivity index (χ0v) is 19.9. The van der Waals surface area contributed by atoms with Crippen molar-refractivity contribution in [2.75, 3.05) is 23.8 Å². The number of anilines is 2. The number of rotatable bonds is 10. The minimum Gasteiger partial charge on any atom is -0.490 e. The molecule has 3 aromatic rings. The number of carbonyl (C=O) groups is 2. The number of amides is 2. The molecule has 1 aliphatic heterocycles. The molecule has 4 N–H and O–H groups in total. The van der Waals surface area contributed by atoms with Gasteiger partial charge >= 0.3 is 0 Å². The van der Waals surface area contributed by atoms with Crippen LogP contribution in [0.4, 0.5) is 11.4 Å². The Kier molecular flexibility index (Phi) is 7.35. The second-order valence-electron chi connectivity index (χ2n) is 8.07. The normalized spacial score (nSPS) is 13.6. The molecule has 35 heavy (non-hydrogen) atoms. The Bertz CT molecular complexity index is 1250. The highest BCUT2D eigenvalue weighted by molar-refractivity contribution is 6.37. The lowest BCUT2D eigenvalue weighted by Gasteiger charge is -2.16. The molecule has 0 unspecified atom stereocenters. The molecule has 4 rings (SSSR count). The Hall–Kier alpha value is -4.26. The number of nitrogens with one attached hydrogen (secondary N) is 2. The number of ether oxygens (including phenoxy) is 2. The summed E-state index contributed by atoms with van der Waals surface area (Å²) in [5, 5.41) is 6.42. The monoisotopic (exact) mass is 471 g/mol. The third-order valence-corrected chi connectivity index (χ3v) is 5.62. The third-order valence-electron chi connectivity index (χ3n) is 5.62. The Morgan fingerprint density at radius 2 is 1.60 bits per heavy atom. The van der Waals surface area contributed by atoms with Crippen molar-refractivity contribution in [1.82, 2.24) is 0 Å². The SMILES string of the molecule is CCOc1cc2c(cc1OCC)C(=C(Nc1ccc(CCC(N)=O)cc1)c1ccccc1)C(=O)N2. The van der Waals surface area contributed by atoms with E-state index in [0.29, 0.717) is 54.5 Å². The van der Waals surface area contributed by atoms with E-state index >= 15 is 0 Å². The Morgan fingerprint density at radius 3 is 2.23 bits per heavy atom. The molecule has 0 aliphatic carbocycles. The van der Waals surface area contributed by atoms with E-state index in [1.807, 2.05) is 80.6 Å².